The molecule has 0 aliphatic rings. The fourth-order valence-electron chi connectivity index (χ4n) is 1.21. The van der Waals surface area contributed by atoms with Gasteiger partial charge in [-0.1, -0.05) is 27.5 Å². The van der Waals surface area contributed by atoms with Gasteiger partial charge in [-0.2, -0.15) is 0 Å². The van der Waals surface area contributed by atoms with Crippen molar-refractivity contribution in [1.82, 2.24) is 5.32 Å². The first-order valence-corrected chi connectivity index (χ1v) is 7.95. The summed E-state index contributed by atoms with van der Waals surface area (Å²) in [5.41, 5.74) is 0. The molecule has 1 amide bonds. The Morgan fingerprint density at radius 1 is 1.45 bits per heavy atom. The molecule has 8 heteroatoms. The monoisotopic (exact) mass is 381 g/mol. The van der Waals surface area contributed by atoms with E-state index in [0.29, 0.717) is 23.1 Å². The number of carbonyl (C=O) groups excluding carboxylic acids is 1. The normalized spacial score (nSPS) is 10.1. The molecule has 110 valence electrons. The van der Waals surface area contributed by atoms with Crippen LogP contribution in [0.2, 0.25) is 5.02 Å². The number of carboxylic acid groups (broad SMARTS) is 1. The first kappa shape index (κ1) is 17.1. The van der Waals surface area contributed by atoms with E-state index in [9.17, 15) is 9.59 Å². The van der Waals surface area contributed by atoms with E-state index in [1.54, 1.807) is 18.2 Å². The van der Waals surface area contributed by atoms with E-state index in [1.165, 1.54) is 11.8 Å². The number of benzene rings is 1. The molecule has 1 aromatic carbocycles. The van der Waals surface area contributed by atoms with E-state index in [2.05, 4.69) is 21.2 Å². The summed E-state index contributed by atoms with van der Waals surface area (Å²) in [6.07, 6.45) is 0. The van der Waals surface area contributed by atoms with Crippen LogP contribution in [0.25, 0.3) is 0 Å². The second kappa shape index (κ2) is 9.10. The van der Waals surface area contributed by atoms with Crippen molar-refractivity contribution in [2.45, 2.75) is 0 Å². The topological polar surface area (TPSA) is 75.6 Å². The number of aliphatic carboxylic acids is 1. The van der Waals surface area contributed by atoms with E-state index < -0.39 is 5.97 Å². The van der Waals surface area contributed by atoms with Crippen LogP contribution in [-0.4, -0.2) is 41.6 Å². The van der Waals surface area contributed by atoms with E-state index in [1.807, 2.05) is 0 Å². The summed E-state index contributed by atoms with van der Waals surface area (Å²) in [7, 11) is 0. The third-order valence-corrected chi connectivity index (χ3v) is 3.78. The Kier molecular flexibility index (Phi) is 7.79. The Bertz CT molecular complexity index is 487. The maximum atomic E-state index is 11.5. The number of hydrogen-bond acceptors (Lipinski definition) is 4. The minimum Gasteiger partial charge on any atom is -0.482 e. The number of thioether (sulfide) groups is 1. The average molecular weight is 383 g/mol. The number of hydrogen-bond donors (Lipinski definition) is 2. The fraction of sp³-hybridized carbons (Fsp3) is 0.333. The largest absolute Gasteiger partial charge is 0.482 e. The summed E-state index contributed by atoms with van der Waals surface area (Å²) in [6.45, 7) is 0.263. The number of nitrogens with one attached hydrogen (secondary N) is 1. The Labute approximate surface area is 134 Å². The maximum Gasteiger partial charge on any atom is 0.313 e. The van der Waals surface area contributed by atoms with Crippen LogP contribution in [0.1, 0.15) is 0 Å². The molecule has 0 aliphatic carbocycles. The van der Waals surface area contributed by atoms with Crippen LogP contribution in [0.3, 0.4) is 0 Å². The first-order chi connectivity index (χ1) is 9.49. The summed E-state index contributed by atoms with van der Waals surface area (Å²) >= 11 is 10.5. The van der Waals surface area contributed by atoms with Crippen molar-refractivity contribution in [3.8, 4) is 5.75 Å². The number of rotatable bonds is 8. The minimum absolute atomic E-state index is 0.0286. The number of ether oxygens (including phenoxy) is 1. The van der Waals surface area contributed by atoms with Gasteiger partial charge in [-0.25, -0.2) is 0 Å². The molecule has 1 aromatic rings. The van der Waals surface area contributed by atoms with Gasteiger partial charge in [0.2, 0.25) is 0 Å². The Hall–Kier alpha value is -0.920. The predicted octanol–water partition coefficient (Wildman–Crippen LogP) is 2.42. The molecule has 0 heterocycles. The zero-order valence-corrected chi connectivity index (χ0v) is 13.6. The molecule has 1 rings (SSSR count). The highest BCUT2D eigenvalue weighted by atomic mass is 79.9. The average Bonchev–Trinajstić information content (AvgIpc) is 2.37. The van der Waals surface area contributed by atoms with Crippen molar-refractivity contribution in [3.63, 3.8) is 0 Å². The van der Waals surface area contributed by atoms with Crippen LogP contribution in [0.15, 0.2) is 22.7 Å². The van der Waals surface area contributed by atoms with Crippen LogP contribution < -0.4 is 10.1 Å². The molecule has 0 unspecified atom stereocenters. The lowest BCUT2D eigenvalue weighted by Crippen LogP contribution is -2.30. The van der Waals surface area contributed by atoms with Crippen molar-refractivity contribution >= 4 is 51.2 Å². The Morgan fingerprint density at radius 3 is 2.85 bits per heavy atom. The standard InChI is InChI=1S/C12H13BrClNO4S/c13-8-1-2-10(9(14)5-8)19-6-11(16)15-3-4-20-7-12(17)18/h1-2,5H,3-4,6-7H2,(H,15,16)(H,17,18). The van der Waals surface area contributed by atoms with E-state index in [0.717, 1.165) is 4.47 Å². The first-order valence-electron chi connectivity index (χ1n) is 5.63. The lowest BCUT2D eigenvalue weighted by molar-refractivity contribution is -0.133. The predicted molar refractivity (Wildman–Crippen MR) is 82.6 cm³/mol. The van der Waals surface area contributed by atoms with Crippen LogP contribution in [0.5, 0.6) is 5.75 Å². The fourth-order valence-corrected chi connectivity index (χ4v) is 2.50. The van der Waals surface area contributed by atoms with Gasteiger partial charge in [0.05, 0.1) is 10.8 Å². The second-order valence-corrected chi connectivity index (χ2v) is 6.09. The molecule has 0 bridgehead atoms. The summed E-state index contributed by atoms with van der Waals surface area (Å²) in [5.74, 6) is -0.141. The molecular formula is C12H13BrClNO4S. The van der Waals surface area contributed by atoms with Gasteiger partial charge in [0.25, 0.3) is 5.91 Å². The molecule has 0 atom stereocenters. The van der Waals surface area contributed by atoms with Crippen LogP contribution in [0, 0.1) is 0 Å². The molecule has 0 aliphatic heterocycles. The van der Waals surface area contributed by atoms with Gasteiger partial charge >= 0.3 is 5.97 Å². The molecular weight excluding hydrogens is 370 g/mol. The molecule has 20 heavy (non-hydrogen) atoms. The molecule has 0 saturated carbocycles. The second-order valence-electron chi connectivity index (χ2n) is 3.66. The van der Waals surface area contributed by atoms with Gasteiger partial charge in [0.1, 0.15) is 5.75 Å². The number of amides is 1. The summed E-state index contributed by atoms with van der Waals surface area (Å²) < 4.78 is 6.11. The Morgan fingerprint density at radius 2 is 2.20 bits per heavy atom. The summed E-state index contributed by atoms with van der Waals surface area (Å²) in [5, 5.41) is 11.5. The van der Waals surface area contributed by atoms with Gasteiger partial charge in [-0.15, -0.1) is 11.8 Å². The highest BCUT2D eigenvalue weighted by Crippen LogP contribution is 2.27. The third-order valence-electron chi connectivity index (χ3n) is 2.05. The van der Waals surface area contributed by atoms with Crippen LogP contribution >= 0.6 is 39.3 Å². The summed E-state index contributed by atoms with van der Waals surface area (Å²) in [4.78, 5) is 21.7. The SMILES string of the molecule is O=C(O)CSCCNC(=O)COc1ccc(Br)cc1Cl. The van der Waals surface area contributed by atoms with Crippen LogP contribution in [-0.2, 0) is 9.59 Å². The Balaban J connectivity index is 2.21. The molecule has 0 aromatic heterocycles. The van der Waals surface area contributed by atoms with E-state index >= 15 is 0 Å². The third kappa shape index (κ3) is 7.02. The number of halogens is 2. The van der Waals surface area contributed by atoms with Gasteiger partial charge in [-0.3, -0.25) is 9.59 Å². The van der Waals surface area contributed by atoms with Crippen molar-refractivity contribution in [2.24, 2.45) is 0 Å². The smallest absolute Gasteiger partial charge is 0.313 e. The van der Waals surface area contributed by atoms with Gasteiger partial charge in [0.15, 0.2) is 6.61 Å². The maximum absolute atomic E-state index is 11.5. The van der Waals surface area contributed by atoms with Crippen molar-refractivity contribution < 1.29 is 19.4 Å². The van der Waals surface area contributed by atoms with Gasteiger partial charge < -0.3 is 15.2 Å². The quantitative estimate of drug-likeness (QED) is 0.675. The molecule has 0 saturated heterocycles. The summed E-state index contributed by atoms with van der Waals surface area (Å²) in [6, 6.07) is 5.11. The highest BCUT2D eigenvalue weighted by Gasteiger charge is 2.06. The van der Waals surface area contributed by atoms with Gasteiger partial charge in [0, 0.05) is 16.8 Å². The lowest BCUT2D eigenvalue weighted by atomic mass is 10.3. The van der Waals surface area contributed by atoms with Crippen molar-refractivity contribution in [1.29, 1.82) is 0 Å². The van der Waals surface area contributed by atoms with E-state index in [4.69, 9.17) is 21.4 Å². The lowest BCUT2D eigenvalue weighted by Gasteiger charge is -2.08. The van der Waals surface area contributed by atoms with Gasteiger partial charge in [-0.05, 0) is 18.2 Å². The zero-order chi connectivity index (χ0) is 15.0. The molecule has 2 N–H and O–H groups in total. The number of carbonyl (C=O) groups is 2. The number of carboxylic acids is 1. The minimum atomic E-state index is -0.866. The highest BCUT2D eigenvalue weighted by molar-refractivity contribution is 9.10. The molecule has 0 radical (unpaired) electrons. The molecule has 0 spiro atoms. The molecule has 5 nitrogen and oxygen atoms in total. The molecule has 0 fully saturated rings. The van der Waals surface area contributed by atoms with Crippen molar-refractivity contribution in [3.05, 3.63) is 27.7 Å². The van der Waals surface area contributed by atoms with Crippen molar-refractivity contribution in [2.75, 3.05) is 24.7 Å². The van der Waals surface area contributed by atoms with Crippen LogP contribution in [0.4, 0.5) is 0 Å². The zero-order valence-electron chi connectivity index (χ0n) is 10.4. The van der Waals surface area contributed by atoms with E-state index in [-0.39, 0.29) is 18.3 Å².